The first-order valence-electron chi connectivity index (χ1n) is 7.33. The number of fused-ring (bicyclic) bond motifs is 1. The Morgan fingerprint density at radius 2 is 1.62 bits per heavy atom. The molecule has 2 fully saturated rings. The van der Waals surface area contributed by atoms with Gasteiger partial charge in [-0.25, -0.2) is 0 Å². The van der Waals surface area contributed by atoms with Crippen molar-refractivity contribution in [3.63, 3.8) is 0 Å². The SMILES string of the molecule is CC(C)C1CC2CCCCN2CC1C(C)C. The van der Waals surface area contributed by atoms with E-state index >= 15 is 0 Å². The second-order valence-electron chi connectivity index (χ2n) is 6.70. The van der Waals surface area contributed by atoms with Gasteiger partial charge in [0, 0.05) is 12.6 Å². The van der Waals surface area contributed by atoms with Gasteiger partial charge in [0.05, 0.1) is 0 Å². The molecule has 0 N–H and O–H groups in total. The molecule has 2 rings (SSSR count). The summed E-state index contributed by atoms with van der Waals surface area (Å²) in [7, 11) is 0. The Morgan fingerprint density at radius 3 is 2.25 bits per heavy atom. The summed E-state index contributed by atoms with van der Waals surface area (Å²) in [6.45, 7) is 12.5. The third-order valence-electron chi connectivity index (χ3n) is 5.00. The van der Waals surface area contributed by atoms with Gasteiger partial charge in [0.1, 0.15) is 0 Å². The number of piperidine rings is 2. The van der Waals surface area contributed by atoms with E-state index in [1.54, 1.807) is 0 Å². The quantitative estimate of drug-likeness (QED) is 0.688. The molecule has 1 heteroatoms. The van der Waals surface area contributed by atoms with Crippen molar-refractivity contribution in [3.05, 3.63) is 0 Å². The normalized spacial score (nSPS) is 36.8. The summed E-state index contributed by atoms with van der Waals surface area (Å²) in [5, 5.41) is 0. The van der Waals surface area contributed by atoms with E-state index in [2.05, 4.69) is 32.6 Å². The second kappa shape index (κ2) is 5.08. The number of rotatable bonds is 2. The fourth-order valence-electron chi connectivity index (χ4n) is 3.93. The maximum Gasteiger partial charge on any atom is 0.00982 e. The van der Waals surface area contributed by atoms with Crippen LogP contribution in [-0.4, -0.2) is 24.0 Å². The van der Waals surface area contributed by atoms with Crippen LogP contribution in [0.3, 0.4) is 0 Å². The van der Waals surface area contributed by atoms with Crippen molar-refractivity contribution in [3.8, 4) is 0 Å². The molecular formula is C15H29N. The van der Waals surface area contributed by atoms with Crippen molar-refractivity contribution >= 4 is 0 Å². The summed E-state index contributed by atoms with van der Waals surface area (Å²) in [6, 6.07) is 0.927. The van der Waals surface area contributed by atoms with E-state index in [1.165, 1.54) is 38.8 Å². The van der Waals surface area contributed by atoms with Gasteiger partial charge in [0.2, 0.25) is 0 Å². The molecule has 0 aromatic carbocycles. The first-order chi connectivity index (χ1) is 7.59. The molecule has 0 saturated carbocycles. The number of hydrogen-bond donors (Lipinski definition) is 0. The minimum Gasteiger partial charge on any atom is -0.300 e. The van der Waals surface area contributed by atoms with Crippen LogP contribution in [0.25, 0.3) is 0 Å². The Morgan fingerprint density at radius 1 is 0.938 bits per heavy atom. The molecule has 0 aliphatic carbocycles. The Balaban J connectivity index is 2.07. The van der Waals surface area contributed by atoms with Crippen LogP contribution in [0.15, 0.2) is 0 Å². The van der Waals surface area contributed by atoms with Gasteiger partial charge in [0.15, 0.2) is 0 Å². The van der Waals surface area contributed by atoms with Crippen LogP contribution < -0.4 is 0 Å². The minimum atomic E-state index is 0.857. The largest absolute Gasteiger partial charge is 0.300 e. The zero-order chi connectivity index (χ0) is 11.7. The number of hydrogen-bond acceptors (Lipinski definition) is 1. The summed E-state index contributed by atoms with van der Waals surface area (Å²) in [6.07, 6.45) is 5.85. The van der Waals surface area contributed by atoms with Gasteiger partial charge in [-0.1, -0.05) is 34.1 Å². The highest BCUT2D eigenvalue weighted by atomic mass is 15.2. The summed E-state index contributed by atoms with van der Waals surface area (Å²) >= 11 is 0. The van der Waals surface area contributed by atoms with Crippen LogP contribution in [0.2, 0.25) is 0 Å². The third-order valence-corrected chi connectivity index (χ3v) is 5.00. The monoisotopic (exact) mass is 223 g/mol. The molecule has 2 saturated heterocycles. The van der Waals surface area contributed by atoms with E-state index in [0.29, 0.717) is 0 Å². The molecule has 16 heavy (non-hydrogen) atoms. The Bertz CT molecular complexity index is 197. The lowest BCUT2D eigenvalue weighted by Crippen LogP contribution is -2.51. The highest BCUT2D eigenvalue weighted by molar-refractivity contribution is 4.91. The molecule has 2 aliphatic rings. The van der Waals surface area contributed by atoms with E-state index < -0.39 is 0 Å². The molecule has 2 aliphatic heterocycles. The minimum absolute atomic E-state index is 0.857. The molecule has 0 aromatic heterocycles. The van der Waals surface area contributed by atoms with Crippen LogP contribution in [0, 0.1) is 23.7 Å². The van der Waals surface area contributed by atoms with E-state index in [-0.39, 0.29) is 0 Å². The van der Waals surface area contributed by atoms with Gasteiger partial charge >= 0.3 is 0 Å². The Hall–Kier alpha value is -0.0400. The van der Waals surface area contributed by atoms with Crippen LogP contribution in [0.1, 0.15) is 53.4 Å². The zero-order valence-electron chi connectivity index (χ0n) is 11.6. The van der Waals surface area contributed by atoms with Crippen LogP contribution in [0.4, 0.5) is 0 Å². The molecule has 0 bridgehead atoms. The van der Waals surface area contributed by atoms with Crippen LogP contribution in [-0.2, 0) is 0 Å². The van der Waals surface area contributed by atoms with Crippen LogP contribution in [0.5, 0.6) is 0 Å². The molecule has 0 aromatic rings. The lowest BCUT2D eigenvalue weighted by Gasteiger charge is -2.49. The van der Waals surface area contributed by atoms with Gasteiger partial charge in [-0.05, 0) is 49.5 Å². The van der Waals surface area contributed by atoms with Gasteiger partial charge < -0.3 is 4.90 Å². The molecule has 94 valence electrons. The van der Waals surface area contributed by atoms with Gasteiger partial charge in [-0.2, -0.15) is 0 Å². The van der Waals surface area contributed by atoms with Crippen molar-refractivity contribution in [1.82, 2.24) is 4.90 Å². The second-order valence-corrected chi connectivity index (χ2v) is 6.70. The Kier molecular flexibility index (Phi) is 3.94. The molecule has 1 nitrogen and oxygen atoms in total. The van der Waals surface area contributed by atoms with Gasteiger partial charge in [-0.3, -0.25) is 0 Å². The van der Waals surface area contributed by atoms with E-state index in [0.717, 1.165) is 29.7 Å². The summed E-state index contributed by atoms with van der Waals surface area (Å²) in [5.41, 5.74) is 0. The van der Waals surface area contributed by atoms with Crippen molar-refractivity contribution in [2.45, 2.75) is 59.4 Å². The van der Waals surface area contributed by atoms with Crippen molar-refractivity contribution < 1.29 is 0 Å². The molecule has 3 atom stereocenters. The van der Waals surface area contributed by atoms with Crippen molar-refractivity contribution in [1.29, 1.82) is 0 Å². The number of nitrogens with zero attached hydrogens (tertiary/aromatic N) is 1. The average Bonchev–Trinajstić information content (AvgIpc) is 2.27. The van der Waals surface area contributed by atoms with E-state index in [1.807, 2.05) is 0 Å². The predicted molar refractivity (Wildman–Crippen MR) is 70.5 cm³/mol. The van der Waals surface area contributed by atoms with E-state index in [4.69, 9.17) is 0 Å². The standard InChI is InChI=1S/C15H29N/c1-11(2)14-9-13-7-5-6-8-16(13)10-15(14)12(3)4/h11-15H,5-10H2,1-4H3. The smallest absolute Gasteiger partial charge is 0.00982 e. The maximum atomic E-state index is 2.80. The van der Waals surface area contributed by atoms with Gasteiger partial charge in [0.25, 0.3) is 0 Å². The first kappa shape index (κ1) is 12.4. The summed E-state index contributed by atoms with van der Waals surface area (Å²) in [5.74, 6) is 3.64. The predicted octanol–water partition coefficient (Wildman–Crippen LogP) is 3.79. The highest BCUT2D eigenvalue weighted by Gasteiger charge is 2.38. The fraction of sp³-hybridized carbons (Fsp3) is 1.00. The zero-order valence-corrected chi connectivity index (χ0v) is 11.6. The summed E-state index contributed by atoms with van der Waals surface area (Å²) in [4.78, 5) is 2.80. The lowest BCUT2D eigenvalue weighted by atomic mass is 9.70. The van der Waals surface area contributed by atoms with Gasteiger partial charge in [-0.15, -0.1) is 0 Å². The Labute approximate surface area is 102 Å². The maximum absolute atomic E-state index is 2.80. The lowest BCUT2D eigenvalue weighted by molar-refractivity contribution is 0.00186. The molecular weight excluding hydrogens is 194 g/mol. The summed E-state index contributed by atoms with van der Waals surface area (Å²) < 4.78 is 0. The van der Waals surface area contributed by atoms with Crippen LogP contribution >= 0.6 is 0 Å². The van der Waals surface area contributed by atoms with E-state index in [9.17, 15) is 0 Å². The van der Waals surface area contributed by atoms with Crippen molar-refractivity contribution in [2.75, 3.05) is 13.1 Å². The fourth-order valence-corrected chi connectivity index (χ4v) is 3.93. The average molecular weight is 223 g/mol. The highest BCUT2D eigenvalue weighted by Crippen LogP contribution is 2.39. The first-order valence-corrected chi connectivity index (χ1v) is 7.33. The van der Waals surface area contributed by atoms with Crippen molar-refractivity contribution in [2.24, 2.45) is 23.7 Å². The molecule has 2 heterocycles. The molecule has 0 radical (unpaired) electrons. The molecule has 3 unspecified atom stereocenters. The molecule has 0 spiro atoms. The third kappa shape index (κ3) is 2.45. The molecule has 0 amide bonds. The topological polar surface area (TPSA) is 3.24 Å².